The second-order valence-electron chi connectivity index (χ2n) is 5.05. The Morgan fingerprint density at radius 1 is 1.24 bits per heavy atom. The lowest BCUT2D eigenvalue weighted by Gasteiger charge is -2.11. The van der Waals surface area contributed by atoms with E-state index in [-0.39, 0.29) is 18.6 Å². The van der Waals surface area contributed by atoms with Crippen LogP contribution in [-0.2, 0) is 13.5 Å². The van der Waals surface area contributed by atoms with Gasteiger partial charge in [-0.15, -0.1) is 0 Å². The molecule has 0 atom stereocenters. The van der Waals surface area contributed by atoms with Gasteiger partial charge in [-0.2, -0.15) is 0 Å². The minimum Gasteiger partial charge on any atom is -0.422 e. The van der Waals surface area contributed by atoms with Gasteiger partial charge in [0.05, 0.1) is 10.9 Å². The summed E-state index contributed by atoms with van der Waals surface area (Å²) in [5.74, 6) is 0. The summed E-state index contributed by atoms with van der Waals surface area (Å²) in [7, 11) is 1.69. The summed E-state index contributed by atoms with van der Waals surface area (Å²) in [5.41, 5.74) is 1.28. The summed E-state index contributed by atoms with van der Waals surface area (Å²) < 4.78 is 6.94. The minimum atomic E-state index is -0.493. The molecule has 3 rings (SSSR count). The standard InChI is InChI=1S/C16H15NO4/c1-9-10(7-8-18)16(20)21-14-11-5-3-4-6-12(11)17(2)15(19)13(9)14/h3-6,18H,7-8H2,1-2H3. The fraction of sp³-hybridized carbons (Fsp3) is 0.250. The first-order valence-electron chi connectivity index (χ1n) is 6.71. The fourth-order valence-electron chi connectivity index (χ4n) is 2.76. The maximum atomic E-state index is 12.6. The molecule has 0 aliphatic rings. The third-order valence-corrected chi connectivity index (χ3v) is 3.89. The highest BCUT2D eigenvalue weighted by molar-refractivity contribution is 6.03. The Kier molecular flexibility index (Phi) is 3.14. The molecule has 5 nitrogen and oxygen atoms in total. The molecule has 0 unspecified atom stereocenters. The van der Waals surface area contributed by atoms with E-state index in [4.69, 9.17) is 9.52 Å². The number of pyridine rings is 1. The van der Waals surface area contributed by atoms with E-state index in [1.807, 2.05) is 24.3 Å². The molecule has 0 aliphatic heterocycles. The molecular formula is C16H15NO4. The molecule has 2 heterocycles. The molecule has 0 saturated carbocycles. The van der Waals surface area contributed by atoms with Gasteiger partial charge in [-0.1, -0.05) is 12.1 Å². The SMILES string of the molecule is Cc1c(CCO)c(=O)oc2c1c(=O)n(C)c1ccccc21. The second-order valence-corrected chi connectivity index (χ2v) is 5.05. The number of aryl methyl sites for hydroxylation is 2. The number of fused-ring (bicyclic) bond motifs is 3. The molecule has 0 fully saturated rings. The van der Waals surface area contributed by atoms with Gasteiger partial charge in [0.2, 0.25) is 0 Å². The predicted molar refractivity (Wildman–Crippen MR) is 80.8 cm³/mol. The van der Waals surface area contributed by atoms with Crippen LogP contribution in [0.4, 0.5) is 0 Å². The normalized spacial score (nSPS) is 11.4. The summed E-state index contributed by atoms with van der Waals surface area (Å²) in [6.45, 7) is 1.56. The molecule has 0 aliphatic carbocycles. The Morgan fingerprint density at radius 3 is 2.67 bits per heavy atom. The van der Waals surface area contributed by atoms with Gasteiger partial charge in [0.15, 0.2) is 5.58 Å². The molecule has 0 amide bonds. The number of benzene rings is 1. The van der Waals surface area contributed by atoms with Crippen LogP contribution in [0.2, 0.25) is 0 Å². The van der Waals surface area contributed by atoms with Gasteiger partial charge in [-0.25, -0.2) is 4.79 Å². The van der Waals surface area contributed by atoms with Gasteiger partial charge < -0.3 is 14.1 Å². The van der Waals surface area contributed by atoms with E-state index in [0.717, 1.165) is 5.39 Å². The zero-order valence-corrected chi connectivity index (χ0v) is 11.8. The van der Waals surface area contributed by atoms with E-state index >= 15 is 0 Å². The largest absolute Gasteiger partial charge is 0.422 e. The molecule has 108 valence electrons. The van der Waals surface area contributed by atoms with Crippen molar-refractivity contribution in [1.29, 1.82) is 0 Å². The fourth-order valence-corrected chi connectivity index (χ4v) is 2.76. The summed E-state index contributed by atoms with van der Waals surface area (Å²) >= 11 is 0. The third kappa shape index (κ3) is 1.89. The average Bonchev–Trinajstić information content (AvgIpc) is 2.48. The summed E-state index contributed by atoms with van der Waals surface area (Å²) in [6.07, 6.45) is 0.181. The van der Waals surface area contributed by atoms with Crippen LogP contribution in [0.15, 0.2) is 38.3 Å². The predicted octanol–water partition coefficient (Wildman–Crippen LogP) is 1.49. The number of rotatable bonds is 2. The number of aliphatic hydroxyl groups excluding tert-OH is 1. The molecule has 0 bridgehead atoms. The van der Waals surface area contributed by atoms with Crippen molar-refractivity contribution in [3.8, 4) is 0 Å². The van der Waals surface area contributed by atoms with E-state index in [1.54, 1.807) is 18.5 Å². The van der Waals surface area contributed by atoms with Crippen LogP contribution in [0.5, 0.6) is 0 Å². The number of nitrogens with zero attached hydrogens (tertiary/aromatic N) is 1. The number of hydrogen-bond acceptors (Lipinski definition) is 4. The van der Waals surface area contributed by atoms with E-state index in [2.05, 4.69) is 0 Å². The van der Waals surface area contributed by atoms with Crippen LogP contribution < -0.4 is 11.2 Å². The van der Waals surface area contributed by atoms with Crippen LogP contribution in [0.1, 0.15) is 11.1 Å². The van der Waals surface area contributed by atoms with E-state index in [1.165, 1.54) is 0 Å². The lowest BCUT2D eigenvalue weighted by molar-refractivity contribution is 0.297. The van der Waals surface area contributed by atoms with E-state index < -0.39 is 5.63 Å². The van der Waals surface area contributed by atoms with Crippen molar-refractivity contribution in [3.63, 3.8) is 0 Å². The van der Waals surface area contributed by atoms with Crippen molar-refractivity contribution >= 4 is 21.9 Å². The van der Waals surface area contributed by atoms with Gasteiger partial charge in [0, 0.05) is 31.0 Å². The number of para-hydroxylation sites is 1. The molecular weight excluding hydrogens is 270 g/mol. The Hall–Kier alpha value is -2.40. The molecule has 1 N–H and O–H groups in total. The molecule has 0 saturated heterocycles. The van der Waals surface area contributed by atoms with E-state index in [9.17, 15) is 9.59 Å². The van der Waals surface area contributed by atoms with Crippen LogP contribution in [0, 0.1) is 6.92 Å². The van der Waals surface area contributed by atoms with Crippen molar-refractivity contribution in [1.82, 2.24) is 4.57 Å². The Balaban J connectivity index is 2.63. The smallest absolute Gasteiger partial charge is 0.339 e. The minimum absolute atomic E-state index is 0.162. The molecule has 2 aromatic heterocycles. The first-order valence-corrected chi connectivity index (χ1v) is 6.71. The van der Waals surface area contributed by atoms with Crippen LogP contribution in [0.3, 0.4) is 0 Å². The highest BCUT2D eigenvalue weighted by Crippen LogP contribution is 2.24. The van der Waals surface area contributed by atoms with Crippen LogP contribution in [0.25, 0.3) is 21.9 Å². The third-order valence-electron chi connectivity index (χ3n) is 3.89. The van der Waals surface area contributed by atoms with Crippen molar-refractivity contribution in [2.45, 2.75) is 13.3 Å². The van der Waals surface area contributed by atoms with Crippen LogP contribution >= 0.6 is 0 Å². The monoisotopic (exact) mass is 285 g/mol. The maximum Gasteiger partial charge on any atom is 0.339 e. The molecule has 1 aromatic carbocycles. The van der Waals surface area contributed by atoms with Crippen molar-refractivity contribution in [3.05, 3.63) is 56.2 Å². The lowest BCUT2D eigenvalue weighted by Crippen LogP contribution is -2.21. The molecule has 0 spiro atoms. The Bertz CT molecular complexity index is 966. The first-order chi connectivity index (χ1) is 10.1. The summed E-state index contributed by atoms with van der Waals surface area (Å²) in [6, 6.07) is 7.31. The van der Waals surface area contributed by atoms with Crippen molar-refractivity contribution < 1.29 is 9.52 Å². The lowest BCUT2D eigenvalue weighted by atomic mass is 10.0. The summed E-state index contributed by atoms with van der Waals surface area (Å²) in [4.78, 5) is 24.7. The topological polar surface area (TPSA) is 72.4 Å². The molecule has 0 radical (unpaired) electrons. The van der Waals surface area contributed by atoms with Crippen molar-refractivity contribution in [2.75, 3.05) is 6.61 Å². The number of hydrogen-bond donors (Lipinski definition) is 1. The highest BCUT2D eigenvalue weighted by Gasteiger charge is 2.17. The zero-order valence-electron chi connectivity index (χ0n) is 11.8. The Labute approximate surface area is 120 Å². The van der Waals surface area contributed by atoms with Crippen molar-refractivity contribution in [2.24, 2.45) is 7.05 Å². The average molecular weight is 285 g/mol. The maximum absolute atomic E-state index is 12.6. The quantitative estimate of drug-likeness (QED) is 0.724. The van der Waals surface area contributed by atoms with Gasteiger partial charge in [0.25, 0.3) is 5.56 Å². The van der Waals surface area contributed by atoms with Crippen LogP contribution in [-0.4, -0.2) is 16.3 Å². The van der Waals surface area contributed by atoms with Gasteiger partial charge in [-0.05, 0) is 24.6 Å². The zero-order chi connectivity index (χ0) is 15.1. The molecule has 21 heavy (non-hydrogen) atoms. The van der Waals surface area contributed by atoms with Gasteiger partial charge >= 0.3 is 5.63 Å². The van der Waals surface area contributed by atoms with Gasteiger partial charge in [0.1, 0.15) is 0 Å². The second kappa shape index (κ2) is 4.86. The summed E-state index contributed by atoms with van der Waals surface area (Å²) in [5, 5.41) is 10.2. The van der Waals surface area contributed by atoms with Gasteiger partial charge in [-0.3, -0.25) is 4.79 Å². The molecule has 3 aromatic rings. The van der Waals surface area contributed by atoms with E-state index in [0.29, 0.717) is 27.6 Å². The Morgan fingerprint density at radius 2 is 1.95 bits per heavy atom. The number of aromatic nitrogens is 1. The first kappa shape index (κ1) is 13.6. The number of aliphatic hydroxyl groups is 1. The molecule has 5 heteroatoms. The highest BCUT2D eigenvalue weighted by atomic mass is 16.4.